The van der Waals surface area contributed by atoms with Gasteiger partial charge in [-0.05, 0) is 24.1 Å². The van der Waals surface area contributed by atoms with Crippen LogP contribution in [0.4, 0.5) is 13.2 Å². The Morgan fingerprint density at radius 3 is 2.34 bits per heavy atom. The zero-order valence-corrected chi connectivity index (χ0v) is 17.7. The predicted molar refractivity (Wildman–Crippen MR) is 106 cm³/mol. The summed E-state index contributed by atoms with van der Waals surface area (Å²) in [6.07, 6.45) is -4.04. The molecule has 8 nitrogen and oxygen atoms in total. The van der Waals surface area contributed by atoms with E-state index in [9.17, 15) is 18.0 Å². The van der Waals surface area contributed by atoms with E-state index in [4.69, 9.17) is 24.1 Å². The third kappa shape index (κ3) is 6.33. The van der Waals surface area contributed by atoms with Crippen LogP contribution in [-0.4, -0.2) is 91.7 Å². The number of morpholine rings is 2. The lowest BCUT2D eigenvalue weighted by molar-refractivity contribution is -0.192. The standard InChI is InChI=1S/C19H26N2O4.C2HF3O2/c1-23-15-4-2-14(3-5-15)11-20-12-16-10-17(18(13-20)25-16)19(22)21-6-8-24-9-7-21;3-2(4,5)1(6)7/h2-5,16-18H,6-13H2,1H3;(H,6,7). The maximum Gasteiger partial charge on any atom is 0.490 e. The molecule has 1 amide bonds. The molecule has 3 heterocycles. The number of benzene rings is 1. The molecule has 3 fully saturated rings. The first-order valence-corrected chi connectivity index (χ1v) is 10.3. The number of carboxylic acid groups (broad SMARTS) is 1. The van der Waals surface area contributed by atoms with Gasteiger partial charge in [0.2, 0.25) is 5.91 Å². The average molecular weight is 460 g/mol. The quantitative estimate of drug-likeness (QED) is 0.733. The molecule has 178 valence electrons. The second kappa shape index (κ2) is 10.5. The highest BCUT2D eigenvalue weighted by molar-refractivity contribution is 5.80. The molecule has 3 aliphatic heterocycles. The summed E-state index contributed by atoms with van der Waals surface area (Å²) in [5, 5.41) is 7.12. The van der Waals surface area contributed by atoms with Crippen LogP contribution in [0.25, 0.3) is 0 Å². The Morgan fingerprint density at radius 2 is 1.78 bits per heavy atom. The van der Waals surface area contributed by atoms with Crippen LogP contribution in [0.2, 0.25) is 0 Å². The van der Waals surface area contributed by atoms with Crippen LogP contribution in [0.3, 0.4) is 0 Å². The molecule has 2 bridgehead atoms. The topological polar surface area (TPSA) is 88.5 Å². The number of carboxylic acids is 1. The Kier molecular flexibility index (Phi) is 7.96. The minimum absolute atomic E-state index is 0.00367. The zero-order valence-electron chi connectivity index (χ0n) is 17.7. The molecule has 1 N–H and O–H groups in total. The zero-order chi connectivity index (χ0) is 23.3. The van der Waals surface area contributed by atoms with Crippen LogP contribution >= 0.6 is 0 Å². The number of nitrogens with zero attached hydrogens (tertiary/aromatic N) is 2. The fourth-order valence-corrected chi connectivity index (χ4v) is 4.13. The lowest BCUT2D eigenvalue weighted by Crippen LogP contribution is -2.48. The van der Waals surface area contributed by atoms with Gasteiger partial charge < -0.3 is 24.2 Å². The summed E-state index contributed by atoms with van der Waals surface area (Å²) in [5.41, 5.74) is 1.26. The van der Waals surface area contributed by atoms with Crippen molar-refractivity contribution >= 4 is 11.9 Å². The second-order valence-corrected chi connectivity index (χ2v) is 7.92. The van der Waals surface area contributed by atoms with E-state index in [1.54, 1.807) is 7.11 Å². The van der Waals surface area contributed by atoms with Gasteiger partial charge in [0.05, 0.1) is 38.4 Å². The van der Waals surface area contributed by atoms with Crippen LogP contribution in [0.5, 0.6) is 5.75 Å². The smallest absolute Gasteiger partial charge is 0.490 e. The Bertz CT molecular complexity index is 783. The minimum Gasteiger partial charge on any atom is -0.497 e. The summed E-state index contributed by atoms with van der Waals surface area (Å²) in [6, 6.07) is 8.20. The number of hydrogen-bond acceptors (Lipinski definition) is 6. The highest BCUT2D eigenvalue weighted by Crippen LogP contribution is 2.34. The van der Waals surface area contributed by atoms with Crippen molar-refractivity contribution in [1.29, 1.82) is 0 Å². The van der Waals surface area contributed by atoms with E-state index in [0.29, 0.717) is 26.3 Å². The lowest BCUT2D eigenvalue weighted by Gasteiger charge is -2.34. The molecule has 3 aliphatic rings. The van der Waals surface area contributed by atoms with E-state index >= 15 is 0 Å². The number of rotatable bonds is 4. The van der Waals surface area contributed by atoms with Gasteiger partial charge in [0.25, 0.3) is 0 Å². The summed E-state index contributed by atoms with van der Waals surface area (Å²) < 4.78 is 48.4. The highest BCUT2D eigenvalue weighted by Gasteiger charge is 2.45. The number of methoxy groups -OCH3 is 1. The molecular weight excluding hydrogens is 433 g/mol. The molecule has 3 saturated heterocycles. The second-order valence-electron chi connectivity index (χ2n) is 7.92. The number of carbonyl (C=O) groups is 2. The van der Waals surface area contributed by atoms with Crippen LogP contribution in [0.1, 0.15) is 12.0 Å². The third-order valence-corrected chi connectivity index (χ3v) is 5.68. The maximum absolute atomic E-state index is 12.8. The number of fused-ring (bicyclic) bond motifs is 2. The molecular formula is C21H27F3N2O6. The molecule has 4 rings (SSSR count). The number of carbonyl (C=O) groups excluding carboxylic acids is 1. The van der Waals surface area contributed by atoms with Gasteiger partial charge in [-0.2, -0.15) is 13.2 Å². The van der Waals surface area contributed by atoms with Crippen molar-refractivity contribution in [2.45, 2.75) is 31.3 Å². The number of hydrogen-bond donors (Lipinski definition) is 1. The molecule has 0 saturated carbocycles. The Balaban J connectivity index is 0.000000360. The lowest BCUT2D eigenvalue weighted by atomic mass is 9.98. The van der Waals surface area contributed by atoms with Crippen molar-refractivity contribution in [3.05, 3.63) is 29.8 Å². The molecule has 0 aromatic heterocycles. The van der Waals surface area contributed by atoms with E-state index < -0.39 is 12.1 Å². The molecule has 3 atom stereocenters. The Hall–Kier alpha value is -2.37. The van der Waals surface area contributed by atoms with Gasteiger partial charge >= 0.3 is 12.1 Å². The van der Waals surface area contributed by atoms with Crippen LogP contribution in [0, 0.1) is 5.92 Å². The normalized spacial score (nSPS) is 25.6. The number of aliphatic carboxylic acids is 1. The Labute approximate surface area is 183 Å². The summed E-state index contributed by atoms with van der Waals surface area (Å²) >= 11 is 0. The van der Waals surface area contributed by atoms with Gasteiger partial charge in [0.1, 0.15) is 5.75 Å². The van der Waals surface area contributed by atoms with E-state index in [0.717, 1.165) is 31.8 Å². The number of halogens is 3. The van der Waals surface area contributed by atoms with Crippen molar-refractivity contribution in [2.24, 2.45) is 5.92 Å². The first-order valence-electron chi connectivity index (χ1n) is 10.3. The monoisotopic (exact) mass is 460 g/mol. The SMILES string of the molecule is COc1ccc(CN2CC3CC(C(=O)N4CCOCC4)C(C2)O3)cc1.O=C(O)C(F)(F)F. The number of ether oxygens (including phenoxy) is 3. The van der Waals surface area contributed by atoms with Crippen LogP contribution < -0.4 is 4.74 Å². The molecule has 11 heteroatoms. The summed E-state index contributed by atoms with van der Waals surface area (Å²) in [7, 11) is 1.68. The van der Waals surface area contributed by atoms with Gasteiger partial charge in [-0.15, -0.1) is 0 Å². The highest BCUT2D eigenvalue weighted by atomic mass is 19.4. The number of alkyl halides is 3. The molecule has 0 spiro atoms. The molecule has 1 aromatic carbocycles. The number of amides is 1. The molecule has 1 aromatic rings. The van der Waals surface area contributed by atoms with Gasteiger partial charge in [-0.1, -0.05) is 12.1 Å². The van der Waals surface area contributed by atoms with E-state index in [1.807, 2.05) is 17.0 Å². The molecule has 0 radical (unpaired) electrons. The van der Waals surface area contributed by atoms with Crippen LogP contribution in [-0.2, 0) is 25.6 Å². The largest absolute Gasteiger partial charge is 0.497 e. The minimum atomic E-state index is -5.08. The van der Waals surface area contributed by atoms with Gasteiger partial charge in [0, 0.05) is 32.7 Å². The van der Waals surface area contributed by atoms with E-state index in [1.165, 1.54) is 5.56 Å². The third-order valence-electron chi connectivity index (χ3n) is 5.68. The van der Waals surface area contributed by atoms with E-state index in [2.05, 4.69) is 17.0 Å². The fraction of sp³-hybridized carbons (Fsp3) is 0.619. The molecule has 3 unspecified atom stereocenters. The summed E-state index contributed by atoms with van der Waals surface area (Å²) in [4.78, 5) is 26.1. The maximum atomic E-state index is 12.8. The van der Waals surface area contributed by atoms with Gasteiger partial charge in [-0.25, -0.2) is 4.79 Å². The van der Waals surface area contributed by atoms with E-state index in [-0.39, 0.29) is 24.0 Å². The van der Waals surface area contributed by atoms with Gasteiger partial charge in [-0.3, -0.25) is 9.69 Å². The molecule has 32 heavy (non-hydrogen) atoms. The number of likely N-dealkylation sites (tertiary alicyclic amines) is 1. The molecule has 0 aliphatic carbocycles. The van der Waals surface area contributed by atoms with Crippen molar-refractivity contribution < 1.29 is 42.1 Å². The van der Waals surface area contributed by atoms with Gasteiger partial charge in [0.15, 0.2) is 0 Å². The fourth-order valence-electron chi connectivity index (χ4n) is 4.13. The summed E-state index contributed by atoms with van der Waals surface area (Å²) in [6.45, 7) is 5.33. The first-order chi connectivity index (χ1) is 15.2. The predicted octanol–water partition coefficient (Wildman–Crippen LogP) is 1.78. The van der Waals surface area contributed by atoms with Crippen molar-refractivity contribution in [3.63, 3.8) is 0 Å². The van der Waals surface area contributed by atoms with Crippen molar-refractivity contribution in [1.82, 2.24) is 9.80 Å². The average Bonchev–Trinajstić information content (AvgIpc) is 3.08. The Morgan fingerprint density at radius 1 is 1.16 bits per heavy atom. The van der Waals surface area contributed by atoms with Crippen molar-refractivity contribution in [3.8, 4) is 5.75 Å². The summed E-state index contributed by atoms with van der Waals surface area (Å²) in [5.74, 6) is -1.62. The van der Waals surface area contributed by atoms with Crippen molar-refractivity contribution in [2.75, 3.05) is 46.5 Å². The van der Waals surface area contributed by atoms with Crippen LogP contribution in [0.15, 0.2) is 24.3 Å². The first kappa shape index (κ1) is 24.3.